The van der Waals surface area contributed by atoms with Crippen LogP contribution in [0.5, 0.6) is 0 Å². The minimum Gasteiger partial charge on any atom is -0.386 e. The van der Waals surface area contributed by atoms with Crippen LogP contribution in [0, 0.1) is 5.92 Å². The molecule has 0 spiro atoms. The lowest BCUT2D eigenvalue weighted by molar-refractivity contribution is -0.125. The molecule has 0 radical (unpaired) electrons. The topological polar surface area (TPSA) is 50.7 Å². The number of hydrogen-bond acceptors (Lipinski definition) is 3. The largest absolute Gasteiger partial charge is 0.386 e. The summed E-state index contributed by atoms with van der Waals surface area (Å²) < 4.78 is 0. The van der Waals surface area contributed by atoms with E-state index in [1.54, 1.807) is 6.21 Å². The van der Waals surface area contributed by atoms with Gasteiger partial charge in [0.1, 0.15) is 0 Å². The summed E-state index contributed by atoms with van der Waals surface area (Å²) in [5.41, 5.74) is 2.24. The lowest BCUT2D eigenvalue weighted by atomic mass is 10.0. The summed E-state index contributed by atoms with van der Waals surface area (Å²) in [4.78, 5) is 16.3. The van der Waals surface area contributed by atoms with Crippen LogP contribution in [0.4, 0.5) is 0 Å². The van der Waals surface area contributed by atoms with Crippen molar-refractivity contribution >= 4 is 12.1 Å². The van der Waals surface area contributed by atoms with Crippen molar-refractivity contribution in [3.05, 3.63) is 35.4 Å². The number of carbonyl (C=O) groups excluding carboxylic acids is 1. The molecule has 0 saturated carbocycles. The maximum Gasteiger partial charge on any atom is 0.260 e. The highest BCUT2D eigenvalue weighted by Crippen LogP contribution is 2.13. The maximum atomic E-state index is 11.4. The number of benzene rings is 1. The lowest BCUT2D eigenvalue weighted by Gasteiger charge is -2.06. The summed E-state index contributed by atoms with van der Waals surface area (Å²) in [5, 5.41) is 6.56. The molecular formula is C16H24N2O2. The third kappa shape index (κ3) is 6.36. The Morgan fingerprint density at radius 3 is 2.45 bits per heavy atom. The SMILES string of the molecule is CC(C)CNC(=O)CON=Cc1ccc(C(C)C)cc1. The first-order valence-corrected chi connectivity index (χ1v) is 7.01. The fourth-order valence-electron chi connectivity index (χ4n) is 1.53. The van der Waals surface area contributed by atoms with E-state index in [2.05, 4.69) is 36.5 Å². The molecule has 4 nitrogen and oxygen atoms in total. The molecule has 0 saturated heterocycles. The number of nitrogens with zero attached hydrogens (tertiary/aromatic N) is 1. The van der Waals surface area contributed by atoms with Crippen molar-refractivity contribution in [3.63, 3.8) is 0 Å². The zero-order chi connectivity index (χ0) is 15.0. The summed E-state index contributed by atoms with van der Waals surface area (Å²) in [6.45, 7) is 9.00. The molecule has 4 heteroatoms. The highest BCUT2D eigenvalue weighted by Gasteiger charge is 2.02. The number of amides is 1. The van der Waals surface area contributed by atoms with Gasteiger partial charge in [0, 0.05) is 6.54 Å². The molecule has 1 rings (SSSR count). The van der Waals surface area contributed by atoms with Gasteiger partial charge in [0.2, 0.25) is 0 Å². The van der Waals surface area contributed by atoms with Crippen LogP contribution in [-0.4, -0.2) is 25.3 Å². The molecule has 0 aliphatic rings. The summed E-state index contributed by atoms with van der Waals surface area (Å²) >= 11 is 0. The standard InChI is InChI=1S/C16H24N2O2/c1-12(2)9-17-16(19)11-20-18-10-14-5-7-15(8-6-14)13(3)4/h5-8,10,12-13H,9,11H2,1-4H3,(H,17,19). The average Bonchev–Trinajstić information content (AvgIpc) is 2.42. The van der Waals surface area contributed by atoms with E-state index in [1.807, 2.05) is 26.0 Å². The van der Waals surface area contributed by atoms with Gasteiger partial charge in [-0.25, -0.2) is 0 Å². The zero-order valence-electron chi connectivity index (χ0n) is 12.7. The highest BCUT2D eigenvalue weighted by atomic mass is 16.6. The molecule has 20 heavy (non-hydrogen) atoms. The summed E-state index contributed by atoms with van der Waals surface area (Å²) in [6.07, 6.45) is 1.61. The van der Waals surface area contributed by atoms with Crippen molar-refractivity contribution in [3.8, 4) is 0 Å². The molecule has 0 fully saturated rings. The van der Waals surface area contributed by atoms with E-state index < -0.39 is 0 Å². The minimum atomic E-state index is -0.147. The second-order valence-electron chi connectivity index (χ2n) is 5.53. The average molecular weight is 276 g/mol. The maximum absolute atomic E-state index is 11.4. The Bertz CT molecular complexity index is 436. The van der Waals surface area contributed by atoms with E-state index >= 15 is 0 Å². The van der Waals surface area contributed by atoms with Crippen LogP contribution in [0.15, 0.2) is 29.4 Å². The monoisotopic (exact) mass is 276 g/mol. The molecule has 0 atom stereocenters. The van der Waals surface area contributed by atoms with Gasteiger partial charge in [-0.3, -0.25) is 4.79 Å². The van der Waals surface area contributed by atoms with Crippen LogP contribution >= 0.6 is 0 Å². The van der Waals surface area contributed by atoms with Gasteiger partial charge in [0.25, 0.3) is 5.91 Å². The number of hydrogen-bond donors (Lipinski definition) is 1. The van der Waals surface area contributed by atoms with Crippen molar-refractivity contribution < 1.29 is 9.63 Å². The zero-order valence-corrected chi connectivity index (χ0v) is 12.7. The van der Waals surface area contributed by atoms with Gasteiger partial charge in [-0.05, 0) is 23.0 Å². The number of carbonyl (C=O) groups is 1. The third-order valence-electron chi connectivity index (χ3n) is 2.78. The minimum absolute atomic E-state index is 0.0483. The molecule has 110 valence electrons. The van der Waals surface area contributed by atoms with E-state index in [4.69, 9.17) is 4.84 Å². The fourth-order valence-corrected chi connectivity index (χ4v) is 1.53. The van der Waals surface area contributed by atoms with E-state index in [1.165, 1.54) is 5.56 Å². The molecule has 0 unspecified atom stereocenters. The molecule has 0 aliphatic heterocycles. The Morgan fingerprint density at radius 1 is 1.25 bits per heavy atom. The predicted octanol–water partition coefficient (Wildman–Crippen LogP) is 2.93. The molecule has 1 amide bonds. The number of rotatable bonds is 7. The Labute approximate surface area is 121 Å². The van der Waals surface area contributed by atoms with Crippen LogP contribution < -0.4 is 5.32 Å². The van der Waals surface area contributed by atoms with Crippen molar-refractivity contribution in [2.24, 2.45) is 11.1 Å². The van der Waals surface area contributed by atoms with Gasteiger partial charge in [-0.15, -0.1) is 0 Å². The van der Waals surface area contributed by atoms with Gasteiger partial charge in [0.05, 0.1) is 6.21 Å². The molecule has 1 N–H and O–H groups in total. The van der Waals surface area contributed by atoms with Gasteiger partial charge in [0.15, 0.2) is 6.61 Å². The van der Waals surface area contributed by atoms with Crippen LogP contribution in [-0.2, 0) is 9.63 Å². The number of nitrogens with one attached hydrogen (secondary N) is 1. The smallest absolute Gasteiger partial charge is 0.260 e. The van der Waals surface area contributed by atoms with Gasteiger partial charge in [-0.1, -0.05) is 57.1 Å². The van der Waals surface area contributed by atoms with Crippen LogP contribution in [0.25, 0.3) is 0 Å². The normalized spacial score (nSPS) is 11.3. The summed E-state index contributed by atoms with van der Waals surface area (Å²) in [5.74, 6) is 0.801. The van der Waals surface area contributed by atoms with Crippen molar-refractivity contribution in [2.75, 3.05) is 13.2 Å². The summed E-state index contributed by atoms with van der Waals surface area (Å²) in [7, 11) is 0. The lowest BCUT2D eigenvalue weighted by Crippen LogP contribution is -2.30. The van der Waals surface area contributed by atoms with E-state index in [9.17, 15) is 4.79 Å². The van der Waals surface area contributed by atoms with Gasteiger partial charge in [-0.2, -0.15) is 0 Å². The molecule has 0 bridgehead atoms. The van der Waals surface area contributed by atoms with E-state index in [0.29, 0.717) is 18.4 Å². The Hall–Kier alpha value is -1.84. The van der Waals surface area contributed by atoms with E-state index in [0.717, 1.165) is 5.56 Å². The highest BCUT2D eigenvalue weighted by molar-refractivity contribution is 5.79. The molecule has 0 heterocycles. The molecule has 0 aromatic heterocycles. The molecule has 1 aromatic carbocycles. The fraction of sp³-hybridized carbons (Fsp3) is 0.500. The molecule has 1 aromatic rings. The van der Waals surface area contributed by atoms with E-state index in [-0.39, 0.29) is 12.5 Å². The Morgan fingerprint density at radius 2 is 1.90 bits per heavy atom. The Kier molecular flexibility index (Phi) is 6.77. The van der Waals surface area contributed by atoms with Crippen LogP contribution in [0.1, 0.15) is 44.7 Å². The molecule has 0 aliphatic carbocycles. The quantitative estimate of drug-likeness (QED) is 0.615. The second-order valence-corrected chi connectivity index (χ2v) is 5.53. The number of oxime groups is 1. The third-order valence-corrected chi connectivity index (χ3v) is 2.78. The van der Waals surface area contributed by atoms with Gasteiger partial charge >= 0.3 is 0 Å². The predicted molar refractivity (Wildman–Crippen MR) is 81.9 cm³/mol. The Balaban J connectivity index is 2.32. The van der Waals surface area contributed by atoms with Crippen LogP contribution in [0.2, 0.25) is 0 Å². The van der Waals surface area contributed by atoms with Crippen molar-refractivity contribution in [1.29, 1.82) is 0 Å². The van der Waals surface area contributed by atoms with Crippen molar-refractivity contribution in [1.82, 2.24) is 5.32 Å². The first kappa shape index (κ1) is 16.2. The summed E-state index contributed by atoms with van der Waals surface area (Å²) in [6, 6.07) is 8.12. The first-order valence-electron chi connectivity index (χ1n) is 7.01. The van der Waals surface area contributed by atoms with Crippen molar-refractivity contribution in [2.45, 2.75) is 33.6 Å². The second kappa shape index (κ2) is 8.35. The first-order chi connectivity index (χ1) is 9.49. The molecular weight excluding hydrogens is 252 g/mol. The van der Waals surface area contributed by atoms with Gasteiger partial charge < -0.3 is 10.2 Å². The van der Waals surface area contributed by atoms with Crippen LogP contribution in [0.3, 0.4) is 0 Å².